The van der Waals surface area contributed by atoms with Crippen molar-refractivity contribution in [3.8, 4) is 0 Å². The zero-order valence-corrected chi connectivity index (χ0v) is 29.3. The van der Waals surface area contributed by atoms with Crippen molar-refractivity contribution in [1.29, 1.82) is 0 Å². The van der Waals surface area contributed by atoms with Gasteiger partial charge in [0.15, 0.2) is 0 Å². The van der Waals surface area contributed by atoms with Crippen LogP contribution in [0.3, 0.4) is 0 Å². The minimum Gasteiger partial charge on any atom is -0.467 e. The number of hydrogen-bond acceptors (Lipinski definition) is 7. The van der Waals surface area contributed by atoms with Crippen molar-refractivity contribution in [3.05, 3.63) is 48.2 Å². The van der Waals surface area contributed by atoms with Crippen molar-refractivity contribution in [3.63, 3.8) is 0 Å². The molecule has 0 saturated carbocycles. The average molecular weight is 629 g/mol. The standard InChI is InChI=1S/C36H60N4O5/c1-11-24(5)33(39(8)35(42)32(37)23(3)4)31(44-9)21-25(6)40-20-16-19-30(40)28(12-2)26(7)34(41)38-29(36(43)45-10)22-27-17-14-13-15-18-27/h13-15,17-18,23-24,26,28-33H,6,11-12,16,19-22,37H2,1-5,7-10H3,(H,38,41)/t24-,26+,28+,29-,30-,31+,32-,33-/m0/s1. The van der Waals surface area contributed by atoms with Crippen LogP contribution in [0, 0.1) is 23.7 Å². The van der Waals surface area contributed by atoms with Crippen LogP contribution in [-0.2, 0) is 30.3 Å². The molecule has 9 nitrogen and oxygen atoms in total. The number of likely N-dealkylation sites (N-methyl/N-ethyl adjacent to an activating group) is 1. The Labute approximate surface area is 272 Å². The van der Waals surface area contributed by atoms with Crippen LogP contribution in [0.5, 0.6) is 0 Å². The van der Waals surface area contributed by atoms with E-state index in [0.29, 0.717) is 12.8 Å². The van der Waals surface area contributed by atoms with Crippen molar-refractivity contribution in [2.24, 2.45) is 29.4 Å². The molecule has 254 valence electrons. The summed E-state index contributed by atoms with van der Waals surface area (Å²) in [6, 6.07) is 8.25. The highest BCUT2D eigenvalue weighted by Crippen LogP contribution is 2.36. The largest absolute Gasteiger partial charge is 0.467 e. The molecule has 1 heterocycles. The molecule has 1 aromatic rings. The molecule has 0 aliphatic carbocycles. The predicted molar refractivity (Wildman–Crippen MR) is 180 cm³/mol. The summed E-state index contributed by atoms with van der Waals surface area (Å²) in [6.45, 7) is 17.6. The average Bonchev–Trinajstić information content (AvgIpc) is 3.52. The number of likely N-dealkylation sites (tertiary alicyclic amines) is 1. The maximum Gasteiger partial charge on any atom is 0.328 e. The number of ether oxygens (including phenoxy) is 2. The molecule has 9 heteroatoms. The quantitative estimate of drug-likeness (QED) is 0.225. The number of benzene rings is 1. The molecule has 0 aromatic heterocycles. The third-order valence-corrected chi connectivity index (χ3v) is 9.96. The summed E-state index contributed by atoms with van der Waals surface area (Å²) in [5, 5.41) is 2.99. The number of carbonyl (C=O) groups is 3. The SMILES string of the molecule is C=C(C[C@@H](OC)[C@H]([C@@H](C)CC)N(C)C(=O)[C@@H](N)C(C)C)N1CCC[C@H]1[C@H](CC)[C@@H](C)C(=O)N[C@@H](Cc1ccccc1)C(=O)OC. The minimum atomic E-state index is -0.761. The van der Waals surface area contributed by atoms with Gasteiger partial charge in [-0.3, -0.25) is 9.59 Å². The zero-order valence-electron chi connectivity index (χ0n) is 29.3. The summed E-state index contributed by atoms with van der Waals surface area (Å²) in [5.74, 6) is -0.740. The molecule has 8 atom stereocenters. The Morgan fingerprint density at radius 3 is 2.27 bits per heavy atom. The number of carbonyl (C=O) groups excluding carboxylic acids is 3. The third kappa shape index (κ3) is 10.0. The van der Waals surface area contributed by atoms with Crippen LogP contribution < -0.4 is 11.1 Å². The van der Waals surface area contributed by atoms with Gasteiger partial charge in [0.25, 0.3) is 0 Å². The fourth-order valence-electron chi connectivity index (χ4n) is 6.87. The van der Waals surface area contributed by atoms with Crippen LogP contribution in [0.15, 0.2) is 42.6 Å². The molecule has 3 N–H and O–H groups in total. The monoisotopic (exact) mass is 628 g/mol. The van der Waals surface area contributed by atoms with E-state index in [1.807, 2.05) is 58.2 Å². The van der Waals surface area contributed by atoms with Crippen molar-refractivity contribution in [1.82, 2.24) is 15.1 Å². The molecule has 1 aliphatic rings. The fourth-order valence-corrected chi connectivity index (χ4v) is 6.87. The van der Waals surface area contributed by atoms with E-state index in [1.165, 1.54) is 7.11 Å². The van der Waals surface area contributed by atoms with E-state index in [-0.39, 0.29) is 53.7 Å². The number of methoxy groups -OCH3 is 2. The van der Waals surface area contributed by atoms with E-state index in [4.69, 9.17) is 15.2 Å². The summed E-state index contributed by atoms with van der Waals surface area (Å²) in [7, 11) is 4.88. The van der Waals surface area contributed by atoms with Gasteiger partial charge in [0.2, 0.25) is 11.8 Å². The molecule has 0 bridgehead atoms. The second-order valence-corrected chi connectivity index (χ2v) is 13.2. The number of hydrogen-bond donors (Lipinski definition) is 2. The van der Waals surface area contributed by atoms with Crippen molar-refractivity contribution >= 4 is 17.8 Å². The maximum absolute atomic E-state index is 13.6. The molecule has 45 heavy (non-hydrogen) atoms. The first-order valence-electron chi connectivity index (χ1n) is 16.7. The number of esters is 1. The highest BCUT2D eigenvalue weighted by molar-refractivity contribution is 5.86. The molecule has 1 saturated heterocycles. The Morgan fingerprint density at radius 1 is 1.09 bits per heavy atom. The summed E-state index contributed by atoms with van der Waals surface area (Å²) in [5.41, 5.74) is 8.18. The molecule has 0 spiro atoms. The lowest BCUT2D eigenvalue weighted by atomic mass is 9.82. The van der Waals surface area contributed by atoms with E-state index in [0.717, 1.165) is 43.5 Å². The lowest BCUT2D eigenvalue weighted by Crippen LogP contribution is -2.55. The van der Waals surface area contributed by atoms with E-state index in [2.05, 4.69) is 37.6 Å². The summed E-state index contributed by atoms with van der Waals surface area (Å²) in [4.78, 5) is 43.7. The minimum absolute atomic E-state index is 0.0326. The predicted octanol–water partition coefficient (Wildman–Crippen LogP) is 4.79. The number of amides is 2. The topological polar surface area (TPSA) is 114 Å². The third-order valence-electron chi connectivity index (χ3n) is 9.96. The molecule has 0 radical (unpaired) electrons. The van der Waals surface area contributed by atoms with Gasteiger partial charge < -0.3 is 30.3 Å². The van der Waals surface area contributed by atoms with Gasteiger partial charge in [0, 0.05) is 51.2 Å². The second-order valence-electron chi connectivity index (χ2n) is 13.2. The highest BCUT2D eigenvalue weighted by atomic mass is 16.5. The second kappa shape index (κ2) is 18.3. The highest BCUT2D eigenvalue weighted by Gasteiger charge is 2.40. The summed E-state index contributed by atoms with van der Waals surface area (Å²) < 4.78 is 11.1. The molecular formula is C36H60N4O5. The van der Waals surface area contributed by atoms with E-state index in [1.54, 1.807) is 12.0 Å². The van der Waals surface area contributed by atoms with Gasteiger partial charge in [-0.2, -0.15) is 0 Å². The maximum atomic E-state index is 13.6. The smallest absolute Gasteiger partial charge is 0.328 e. The lowest BCUT2D eigenvalue weighted by molar-refractivity contribution is -0.145. The summed E-state index contributed by atoms with van der Waals surface area (Å²) in [6.07, 6.45) is 4.31. The number of rotatable bonds is 18. The van der Waals surface area contributed by atoms with E-state index < -0.39 is 18.1 Å². The molecule has 0 unspecified atom stereocenters. The summed E-state index contributed by atoms with van der Waals surface area (Å²) >= 11 is 0. The van der Waals surface area contributed by atoms with Gasteiger partial charge in [0.1, 0.15) is 6.04 Å². The van der Waals surface area contributed by atoms with E-state index in [9.17, 15) is 14.4 Å². The molecular weight excluding hydrogens is 568 g/mol. The Morgan fingerprint density at radius 2 is 1.73 bits per heavy atom. The zero-order chi connectivity index (χ0) is 33.8. The Bertz CT molecular complexity index is 1100. The first-order valence-corrected chi connectivity index (χ1v) is 16.7. The van der Waals surface area contributed by atoms with Gasteiger partial charge in [-0.25, -0.2) is 4.79 Å². The molecule has 1 aliphatic heterocycles. The Balaban J connectivity index is 2.22. The van der Waals surface area contributed by atoms with Gasteiger partial charge in [-0.05, 0) is 36.2 Å². The number of nitrogens with one attached hydrogen (secondary N) is 1. The van der Waals surface area contributed by atoms with Crippen LogP contribution in [-0.4, -0.2) is 85.7 Å². The first kappa shape index (κ1) is 38.3. The fraction of sp³-hybridized carbons (Fsp3) is 0.694. The van der Waals surface area contributed by atoms with Crippen molar-refractivity contribution in [2.45, 2.75) is 110 Å². The lowest BCUT2D eigenvalue weighted by Gasteiger charge is -2.42. The van der Waals surface area contributed by atoms with Crippen LogP contribution in [0.25, 0.3) is 0 Å². The van der Waals surface area contributed by atoms with Gasteiger partial charge in [-0.1, -0.05) is 91.3 Å². The Kier molecular flexibility index (Phi) is 15.6. The van der Waals surface area contributed by atoms with Crippen LogP contribution in [0.4, 0.5) is 0 Å². The van der Waals surface area contributed by atoms with Crippen LogP contribution >= 0.6 is 0 Å². The normalized spacial score (nSPS) is 19.6. The van der Waals surface area contributed by atoms with Crippen LogP contribution in [0.2, 0.25) is 0 Å². The first-order chi connectivity index (χ1) is 21.3. The van der Waals surface area contributed by atoms with Crippen molar-refractivity contribution in [2.75, 3.05) is 27.8 Å². The van der Waals surface area contributed by atoms with Crippen molar-refractivity contribution < 1.29 is 23.9 Å². The molecule has 1 aromatic carbocycles. The van der Waals surface area contributed by atoms with E-state index >= 15 is 0 Å². The Hall–Kier alpha value is -2.91. The number of nitrogens with two attached hydrogens (primary N) is 1. The van der Waals surface area contributed by atoms with Gasteiger partial charge in [-0.15, -0.1) is 0 Å². The number of nitrogens with zero attached hydrogens (tertiary/aromatic N) is 2. The van der Waals surface area contributed by atoms with Gasteiger partial charge in [0.05, 0.1) is 25.3 Å². The van der Waals surface area contributed by atoms with Crippen LogP contribution in [0.1, 0.15) is 79.2 Å². The molecule has 1 fully saturated rings. The molecule has 2 rings (SSSR count). The van der Waals surface area contributed by atoms with Gasteiger partial charge >= 0.3 is 5.97 Å². The molecule has 2 amide bonds.